The molecule has 1 heterocycles. The summed E-state index contributed by atoms with van der Waals surface area (Å²) in [7, 11) is 0. The monoisotopic (exact) mass is 470 g/mol. The second-order valence-electron chi connectivity index (χ2n) is 7.61. The second-order valence-corrected chi connectivity index (χ2v) is 8.64. The van der Waals surface area contributed by atoms with E-state index in [1.807, 2.05) is 36.4 Å². The highest BCUT2D eigenvalue weighted by molar-refractivity contribution is 7.21. The number of ether oxygens (including phenoxy) is 1. The van der Waals surface area contributed by atoms with Gasteiger partial charge in [0.05, 0.1) is 16.8 Å². The van der Waals surface area contributed by atoms with Crippen LogP contribution in [0, 0.1) is 6.92 Å². The molecule has 4 aromatic rings. The lowest BCUT2D eigenvalue weighted by molar-refractivity contribution is -0.136. The zero-order valence-corrected chi connectivity index (χ0v) is 18.6. The molecule has 0 aliphatic rings. The number of carbonyl (C=O) groups excluding carboxylic acids is 1. The number of hydrogen-bond acceptors (Lipinski definition) is 4. The summed E-state index contributed by atoms with van der Waals surface area (Å²) < 4.78 is 42.9. The van der Waals surface area contributed by atoms with Crippen molar-refractivity contribution in [3.63, 3.8) is 0 Å². The predicted octanol–water partition coefficient (Wildman–Crippen LogP) is 7.25. The van der Waals surface area contributed by atoms with Crippen LogP contribution in [0.25, 0.3) is 20.8 Å². The van der Waals surface area contributed by atoms with Gasteiger partial charge in [0.25, 0.3) is 5.91 Å². The molecule has 3 aromatic carbocycles. The van der Waals surface area contributed by atoms with E-state index in [2.05, 4.69) is 23.3 Å². The van der Waals surface area contributed by atoms with Gasteiger partial charge < -0.3 is 10.1 Å². The molecule has 0 fully saturated rings. The number of halogens is 3. The molecule has 0 radical (unpaired) electrons. The van der Waals surface area contributed by atoms with Gasteiger partial charge in [-0.15, -0.1) is 11.3 Å². The van der Waals surface area contributed by atoms with Gasteiger partial charge >= 0.3 is 6.18 Å². The van der Waals surface area contributed by atoms with Crippen molar-refractivity contribution >= 4 is 33.1 Å². The Morgan fingerprint density at radius 2 is 1.76 bits per heavy atom. The van der Waals surface area contributed by atoms with Crippen molar-refractivity contribution in [3.8, 4) is 16.3 Å². The Balaban J connectivity index is 1.34. The van der Waals surface area contributed by atoms with Crippen LogP contribution in [-0.2, 0) is 0 Å². The number of amides is 1. The van der Waals surface area contributed by atoms with Gasteiger partial charge in [0.15, 0.2) is 0 Å². The molecule has 1 aromatic heterocycles. The van der Waals surface area contributed by atoms with Crippen LogP contribution >= 0.6 is 11.3 Å². The number of fused-ring (bicyclic) bond motifs is 1. The smallest absolute Gasteiger partial charge is 0.389 e. The standard InChI is InChI=1S/C25H21F3N2O2S/c1-16-3-12-21-22(15-16)33-24(30-21)18-4-8-19(9-5-18)29-23(31)17-6-10-20(11-7-17)32-14-2-13-25(26,27)28/h3-12,15H,2,13-14H2,1H3,(H,29,31). The molecule has 0 aliphatic carbocycles. The first-order valence-electron chi connectivity index (χ1n) is 10.4. The van der Waals surface area contributed by atoms with E-state index < -0.39 is 12.6 Å². The second kappa shape index (κ2) is 9.62. The maximum absolute atomic E-state index is 12.5. The highest BCUT2D eigenvalue weighted by Gasteiger charge is 2.26. The number of alkyl halides is 3. The topological polar surface area (TPSA) is 51.2 Å². The Labute approximate surface area is 193 Å². The summed E-state index contributed by atoms with van der Waals surface area (Å²) in [6.07, 6.45) is -5.18. The number of thiazole rings is 1. The lowest BCUT2D eigenvalue weighted by Gasteiger charge is -2.09. The number of anilines is 1. The maximum atomic E-state index is 12.5. The van der Waals surface area contributed by atoms with Gasteiger partial charge in [-0.1, -0.05) is 6.07 Å². The Bertz CT molecular complexity index is 1250. The van der Waals surface area contributed by atoms with Crippen LogP contribution < -0.4 is 10.1 Å². The highest BCUT2D eigenvalue weighted by atomic mass is 32.1. The predicted molar refractivity (Wildman–Crippen MR) is 125 cm³/mol. The van der Waals surface area contributed by atoms with Crippen LogP contribution in [0.5, 0.6) is 5.75 Å². The van der Waals surface area contributed by atoms with Crippen molar-refractivity contribution in [3.05, 3.63) is 77.9 Å². The molecule has 4 rings (SSSR count). The Kier molecular flexibility index (Phi) is 6.65. The Hall–Kier alpha value is -3.39. The summed E-state index contributed by atoms with van der Waals surface area (Å²) in [5.74, 6) is 0.130. The minimum Gasteiger partial charge on any atom is -0.494 e. The molecule has 0 bridgehead atoms. The van der Waals surface area contributed by atoms with Crippen molar-refractivity contribution < 1.29 is 22.7 Å². The average molecular weight is 471 g/mol. The first-order valence-corrected chi connectivity index (χ1v) is 11.2. The van der Waals surface area contributed by atoms with Crippen molar-refractivity contribution in [2.45, 2.75) is 25.9 Å². The van der Waals surface area contributed by atoms with Crippen LogP contribution in [0.1, 0.15) is 28.8 Å². The van der Waals surface area contributed by atoms with Gasteiger partial charge in [-0.25, -0.2) is 4.98 Å². The molecule has 170 valence electrons. The summed E-state index contributed by atoms with van der Waals surface area (Å²) in [5.41, 5.74) is 4.19. The van der Waals surface area contributed by atoms with Gasteiger partial charge in [-0.3, -0.25) is 4.79 Å². The number of hydrogen-bond donors (Lipinski definition) is 1. The lowest BCUT2D eigenvalue weighted by atomic mass is 10.2. The van der Waals surface area contributed by atoms with Crippen LogP contribution in [0.4, 0.5) is 18.9 Å². The van der Waals surface area contributed by atoms with E-state index in [9.17, 15) is 18.0 Å². The largest absolute Gasteiger partial charge is 0.494 e. The molecule has 4 nitrogen and oxygen atoms in total. The molecule has 0 saturated heterocycles. The molecule has 0 spiro atoms. The number of nitrogens with one attached hydrogen (secondary N) is 1. The number of rotatable bonds is 7. The number of aromatic nitrogens is 1. The quantitative estimate of drug-likeness (QED) is 0.290. The van der Waals surface area contributed by atoms with Crippen molar-refractivity contribution in [1.29, 1.82) is 0 Å². The van der Waals surface area contributed by atoms with E-state index in [1.165, 1.54) is 5.56 Å². The Morgan fingerprint density at radius 1 is 1.03 bits per heavy atom. The van der Waals surface area contributed by atoms with E-state index in [1.54, 1.807) is 35.6 Å². The highest BCUT2D eigenvalue weighted by Crippen LogP contribution is 2.31. The lowest BCUT2D eigenvalue weighted by Crippen LogP contribution is -2.12. The van der Waals surface area contributed by atoms with E-state index in [4.69, 9.17) is 4.74 Å². The molecule has 0 unspecified atom stereocenters. The summed E-state index contributed by atoms with van der Waals surface area (Å²) in [6.45, 7) is 2.02. The fraction of sp³-hybridized carbons (Fsp3) is 0.200. The number of benzene rings is 3. The molecular weight excluding hydrogens is 449 g/mol. The third-order valence-electron chi connectivity index (χ3n) is 4.92. The van der Waals surface area contributed by atoms with E-state index in [-0.39, 0.29) is 18.9 Å². The minimum atomic E-state index is -4.18. The molecule has 0 saturated carbocycles. The molecule has 1 amide bonds. The normalized spacial score (nSPS) is 11.5. The fourth-order valence-electron chi connectivity index (χ4n) is 3.22. The van der Waals surface area contributed by atoms with Crippen LogP contribution in [0.15, 0.2) is 66.7 Å². The molecule has 0 aliphatic heterocycles. The number of nitrogens with zero attached hydrogens (tertiary/aromatic N) is 1. The van der Waals surface area contributed by atoms with Gasteiger partial charge in [0.2, 0.25) is 0 Å². The first-order chi connectivity index (χ1) is 15.8. The van der Waals surface area contributed by atoms with Gasteiger partial charge in [0, 0.05) is 23.2 Å². The van der Waals surface area contributed by atoms with Crippen LogP contribution in [0.2, 0.25) is 0 Å². The summed E-state index contributed by atoms with van der Waals surface area (Å²) >= 11 is 1.62. The molecule has 0 atom stereocenters. The van der Waals surface area contributed by atoms with Crippen molar-refractivity contribution in [1.82, 2.24) is 4.98 Å². The van der Waals surface area contributed by atoms with Crippen molar-refractivity contribution in [2.24, 2.45) is 0 Å². The molecular formula is C25H21F3N2O2S. The zero-order valence-electron chi connectivity index (χ0n) is 17.8. The van der Waals surface area contributed by atoms with Gasteiger partial charge in [0.1, 0.15) is 10.8 Å². The van der Waals surface area contributed by atoms with Gasteiger partial charge in [-0.05, 0) is 79.6 Å². The third-order valence-corrected chi connectivity index (χ3v) is 5.99. The van der Waals surface area contributed by atoms with E-state index in [0.29, 0.717) is 17.0 Å². The van der Waals surface area contributed by atoms with E-state index in [0.717, 1.165) is 20.8 Å². The zero-order chi connectivity index (χ0) is 23.4. The van der Waals surface area contributed by atoms with Crippen LogP contribution in [0.3, 0.4) is 0 Å². The SMILES string of the molecule is Cc1ccc2nc(-c3ccc(NC(=O)c4ccc(OCCCC(F)(F)F)cc4)cc3)sc2c1. The minimum absolute atomic E-state index is 0.0360. The average Bonchev–Trinajstić information content (AvgIpc) is 3.20. The first kappa shape index (κ1) is 22.8. The third kappa shape index (κ3) is 6.10. The molecule has 1 N–H and O–H groups in total. The Morgan fingerprint density at radius 3 is 2.45 bits per heavy atom. The molecule has 8 heteroatoms. The molecule has 33 heavy (non-hydrogen) atoms. The summed E-state index contributed by atoms with van der Waals surface area (Å²) in [6, 6.07) is 19.9. The summed E-state index contributed by atoms with van der Waals surface area (Å²) in [5, 5.41) is 3.75. The van der Waals surface area contributed by atoms with E-state index >= 15 is 0 Å². The van der Waals surface area contributed by atoms with Crippen LogP contribution in [-0.4, -0.2) is 23.7 Å². The summed E-state index contributed by atoms with van der Waals surface area (Å²) in [4.78, 5) is 17.2. The van der Waals surface area contributed by atoms with Gasteiger partial charge in [-0.2, -0.15) is 13.2 Å². The fourth-order valence-corrected chi connectivity index (χ4v) is 4.29. The maximum Gasteiger partial charge on any atom is 0.389 e. The number of aryl methyl sites for hydroxylation is 1. The number of carbonyl (C=O) groups is 1. The van der Waals surface area contributed by atoms with Crippen molar-refractivity contribution in [2.75, 3.05) is 11.9 Å².